The Morgan fingerprint density at radius 1 is 1.23 bits per heavy atom. The fourth-order valence-corrected chi connectivity index (χ4v) is 3.10. The lowest BCUT2D eigenvalue weighted by atomic mass is 10.2. The van der Waals surface area contributed by atoms with Crippen LogP contribution >= 0.6 is 11.6 Å². The monoisotopic (exact) mass is 374 g/mol. The molecule has 0 radical (unpaired) electrons. The summed E-state index contributed by atoms with van der Waals surface area (Å²) in [5.41, 5.74) is 1.70. The molecule has 1 aliphatic rings. The van der Waals surface area contributed by atoms with Crippen LogP contribution in [0.1, 0.15) is 26.2 Å². The SMILES string of the molecule is CC/C=C(/C)C(=O)N1CCN(Cc2nc(-c3ccc(Cl)cc3)no2)CC1. The van der Waals surface area contributed by atoms with E-state index in [1.807, 2.05) is 37.0 Å². The number of carbonyl (C=O) groups excluding carboxylic acids is 1. The van der Waals surface area contributed by atoms with Gasteiger partial charge in [0, 0.05) is 42.3 Å². The third-order valence-electron chi connectivity index (χ3n) is 4.44. The van der Waals surface area contributed by atoms with Gasteiger partial charge in [0.2, 0.25) is 17.6 Å². The van der Waals surface area contributed by atoms with Crippen LogP contribution in [0.3, 0.4) is 0 Å². The van der Waals surface area contributed by atoms with Crippen molar-refractivity contribution in [2.24, 2.45) is 0 Å². The maximum atomic E-state index is 12.3. The number of rotatable bonds is 5. The van der Waals surface area contributed by atoms with Gasteiger partial charge in [-0.2, -0.15) is 4.98 Å². The summed E-state index contributed by atoms with van der Waals surface area (Å²) < 4.78 is 5.37. The molecule has 7 heteroatoms. The predicted molar refractivity (Wildman–Crippen MR) is 101 cm³/mol. The van der Waals surface area contributed by atoms with Crippen LogP contribution in [0, 0.1) is 0 Å². The molecule has 3 rings (SSSR count). The van der Waals surface area contributed by atoms with E-state index < -0.39 is 0 Å². The summed E-state index contributed by atoms with van der Waals surface area (Å²) in [7, 11) is 0. The lowest BCUT2D eigenvalue weighted by Gasteiger charge is -2.34. The van der Waals surface area contributed by atoms with Gasteiger partial charge in [0.05, 0.1) is 6.54 Å². The molecule has 0 atom stereocenters. The molecule has 138 valence electrons. The lowest BCUT2D eigenvalue weighted by Crippen LogP contribution is -2.48. The van der Waals surface area contributed by atoms with Crippen molar-refractivity contribution in [3.8, 4) is 11.4 Å². The van der Waals surface area contributed by atoms with E-state index in [9.17, 15) is 4.79 Å². The molecule has 1 fully saturated rings. The molecular formula is C19H23ClN4O2. The molecule has 1 amide bonds. The van der Waals surface area contributed by atoms with Crippen molar-refractivity contribution in [2.75, 3.05) is 26.2 Å². The molecule has 6 nitrogen and oxygen atoms in total. The predicted octanol–water partition coefficient (Wildman–Crippen LogP) is 3.39. The van der Waals surface area contributed by atoms with Crippen molar-refractivity contribution in [3.05, 3.63) is 46.8 Å². The Kier molecular flexibility index (Phi) is 6.06. The van der Waals surface area contributed by atoms with Gasteiger partial charge in [-0.25, -0.2) is 0 Å². The standard InChI is InChI=1S/C19H23ClN4O2/c1-3-4-14(2)19(25)24-11-9-23(10-12-24)13-17-21-18(22-26-17)15-5-7-16(20)8-6-15/h4-8H,3,9-13H2,1-2H3/b14-4-. The van der Waals surface area contributed by atoms with E-state index >= 15 is 0 Å². The highest BCUT2D eigenvalue weighted by Gasteiger charge is 2.23. The molecule has 0 spiro atoms. The molecule has 1 saturated heterocycles. The van der Waals surface area contributed by atoms with E-state index in [0.717, 1.165) is 30.6 Å². The van der Waals surface area contributed by atoms with Crippen LogP contribution in [-0.2, 0) is 11.3 Å². The van der Waals surface area contributed by atoms with Crippen LogP contribution in [0.2, 0.25) is 5.02 Å². The molecule has 1 aromatic heterocycles. The van der Waals surface area contributed by atoms with Gasteiger partial charge < -0.3 is 9.42 Å². The Labute approximate surface area is 158 Å². The molecule has 0 N–H and O–H groups in total. The molecule has 0 unspecified atom stereocenters. The zero-order valence-electron chi connectivity index (χ0n) is 15.1. The first-order chi connectivity index (χ1) is 12.6. The van der Waals surface area contributed by atoms with E-state index in [1.165, 1.54) is 0 Å². The second-order valence-electron chi connectivity index (χ2n) is 6.38. The number of aromatic nitrogens is 2. The third kappa shape index (κ3) is 4.51. The first-order valence-electron chi connectivity index (χ1n) is 8.83. The second-order valence-corrected chi connectivity index (χ2v) is 6.82. The number of benzene rings is 1. The van der Waals surface area contributed by atoms with Crippen molar-refractivity contribution in [1.82, 2.24) is 19.9 Å². The summed E-state index contributed by atoms with van der Waals surface area (Å²) >= 11 is 5.90. The Morgan fingerprint density at radius 3 is 2.58 bits per heavy atom. The highest BCUT2D eigenvalue weighted by molar-refractivity contribution is 6.30. The zero-order valence-corrected chi connectivity index (χ0v) is 15.9. The molecule has 0 saturated carbocycles. The van der Waals surface area contributed by atoms with E-state index in [4.69, 9.17) is 16.1 Å². The van der Waals surface area contributed by atoms with Crippen LogP contribution < -0.4 is 0 Å². The summed E-state index contributed by atoms with van der Waals surface area (Å²) in [4.78, 5) is 20.9. The van der Waals surface area contributed by atoms with Crippen LogP contribution in [0.25, 0.3) is 11.4 Å². The fourth-order valence-electron chi connectivity index (χ4n) is 2.98. The maximum absolute atomic E-state index is 12.3. The van der Waals surface area contributed by atoms with Crippen molar-refractivity contribution in [2.45, 2.75) is 26.8 Å². The number of amides is 1. The summed E-state index contributed by atoms with van der Waals surface area (Å²) in [5, 5.41) is 4.72. The van der Waals surface area contributed by atoms with E-state index in [0.29, 0.717) is 36.4 Å². The van der Waals surface area contributed by atoms with Crippen LogP contribution in [0.5, 0.6) is 0 Å². The average Bonchev–Trinajstić information content (AvgIpc) is 3.11. The normalized spacial score (nSPS) is 16.1. The average molecular weight is 375 g/mol. The van der Waals surface area contributed by atoms with Gasteiger partial charge in [0.1, 0.15) is 0 Å². The quantitative estimate of drug-likeness (QED) is 0.750. The van der Waals surface area contributed by atoms with Crippen molar-refractivity contribution in [3.63, 3.8) is 0 Å². The molecule has 2 heterocycles. The first kappa shape index (κ1) is 18.6. The molecule has 0 aliphatic carbocycles. The highest BCUT2D eigenvalue weighted by Crippen LogP contribution is 2.19. The van der Waals surface area contributed by atoms with E-state index in [1.54, 1.807) is 12.1 Å². The summed E-state index contributed by atoms with van der Waals surface area (Å²) in [5.74, 6) is 1.27. The molecule has 1 aromatic carbocycles. The smallest absolute Gasteiger partial charge is 0.249 e. The summed E-state index contributed by atoms with van der Waals surface area (Å²) in [6.45, 7) is 7.53. The largest absolute Gasteiger partial charge is 0.338 e. The zero-order chi connectivity index (χ0) is 18.5. The maximum Gasteiger partial charge on any atom is 0.249 e. The van der Waals surface area contributed by atoms with Crippen LogP contribution in [0.4, 0.5) is 0 Å². The van der Waals surface area contributed by atoms with Crippen molar-refractivity contribution >= 4 is 17.5 Å². The number of carbonyl (C=O) groups is 1. The summed E-state index contributed by atoms with van der Waals surface area (Å²) in [6, 6.07) is 7.34. The molecule has 26 heavy (non-hydrogen) atoms. The Hall–Kier alpha value is -2.18. The number of piperazine rings is 1. The Morgan fingerprint density at radius 2 is 1.92 bits per heavy atom. The van der Waals surface area contributed by atoms with E-state index in [-0.39, 0.29) is 5.91 Å². The number of hydrogen-bond donors (Lipinski definition) is 0. The van der Waals surface area contributed by atoms with Crippen LogP contribution in [0.15, 0.2) is 40.4 Å². The van der Waals surface area contributed by atoms with Crippen molar-refractivity contribution in [1.29, 1.82) is 0 Å². The molecule has 0 bridgehead atoms. The van der Waals surface area contributed by atoms with Crippen LogP contribution in [-0.4, -0.2) is 52.0 Å². The minimum Gasteiger partial charge on any atom is -0.338 e. The highest BCUT2D eigenvalue weighted by atomic mass is 35.5. The van der Waals surface area contributed by atoms with Gasteiger partial charge in [-0.05, 0) is 37.6 Å². The van der Waals surface area contributed by atoms with Gasteiger partial charge in [-0.3, -0.25) is 9.69 Å². The minimum atomic E-state index is 0.134. The third-order valence-corrected chi connectivity index (χ3v) is 4.69. The topological polar surface area (TPSA) is 62.5 Å². The van der Waals surface area contributed by atoms with Crippen molar-refractivity contribution < 1.29 is 9.32 Å². The van der Waals surface area contributed by atoms with Gasteiger partial charge in [-0.1, -0.05) is 29.8 Å². The summed E-state index contributed by atoms with van der Waals surface area (Å²) in [6.07, 6.45) is 2.86. The Balaban J connectivity index is 1.54. The molecular weight excluding hydrogens is 352 g/mol. The number of halogens is 1. The fraction of sp³-hybridized carbons (Fsp3) is 0.421. The second kappa shape index (κ2) is 8.47. The molecule has 1 aliphatic heterocycles. The first-order valence-corrected chi connectivity index (χ1v) is 9.21. The number of nitrogens with zero attached hydrogens (tertiary/aromatic N) is 4. The number of allylic oxidation sites excluding steroid dienone is 1. The lowest BCUT2D eigenvalue weighted by molar-refractivity contribution is -0.128. The Bertz CT molecular complexity index is 777. The number of hydrogen-bond acceptors (Lipinski definition) is 5. The minimum absolute atomic E-state index is 0.134. The van der Waals surface area contributed by atoms with Gasteiger partial charge in [0.25, 0.3) is 0 Å². The molecule has 2 aromatic rings. The van der Waals surface area contributed by atoms with E-state index in [2.05, 4.69) is 15.0 Å². The van der Waals surface area contributed by atoms with Gasteiger partial charge >= 0.3 is 0 Å². The van der Waals surface area contributed by atoms with Gasteiger partial charge in [0.15, 0.2) is 0 Å². The van der Waals surface area contributed by atoms with Gasteiger partial charge in [-0.15, -0.1) is 0 Å².